The third-order valence-electron chi connectivity index (χ3n) is 1.97. The maximum Gasteiger partial charge on any atom is 0.0926 e. The first kappa shape index (κ1) is 9.59. The molecule has 68 valence electrons. The van der Waals surface area contributed by atoms with Gasteiger partial charge in [0, 0.05) is 6.42 Å². The van der Waals surface area contributed by atoms with Crippen LogP contribution in [0.25, 0.3) is 0 Å². The highest BCUT2D eigenvalue weighted by atomic mass is 16.3. The zero-order valence-corrected chi connectivity index (χ0v) is 7.66. The Bertz CT molecular complexity index is 303. The maximum atomic E-state index is 9.14. The van der Waals surface area contributed by atoms with Crippen molar-refractivity contribution in [1.82, 2.24) is 0 Å². The molecule has 13 heavy (non-hydrogen) atoms. The molecule has 0 amide bonds. The second-order valence-corrected chi connectivity index (χ2v) is 2.97. The fraction of sp³-hybridized carbons (Fsp3) is 0.167. The van der Waals surface area contributed by atoms with Crippen LogP contribution in [-0.4, -0.2) is 5.11 Å². The topological polar surface area (TPSA) is 20.2 Å². The molecule has 1 nitrogen and oxygen atoms in total. The molecule has 1 rings (SSSR count). The van der Waals surface area contributed by atoms with Crippen LogP contribution in [0.2, 0.25) is 0 Å². The monoisotopic (exact) mass is 174 g/mol. The van der Waals surface area contributed by atoms with E-state index in [4.69, 9.17) is 5.11 Å². The summed E-state index contributed by atoms with van der Waals surface area (Å²) in [5.74, 6) is 0.448. The van der Waals surface area contributed by atoms with Crippen molar-refractivity contribution in [2.75, 3.05) is 0 Å². The van der Waals surface area contributed by atoms with E-state index in [0.29, 0.717) is 12.2 Å². The van der Waals surface area contributed by atoms with Crippen molar-refractivity contribution in [1.29, 1.82) is 0 Å². The van der Waals surface area contributed by atoms with Gasteiger partial charge in [0.1, 0.15) is 0 Å². The van der Waals surface area contributed by atoms with Crippen molar-refractivity contribution in [2.45, 2.75) is 12.8 Å². The average Bonchev–Trinajstić information content (AvgIpc) is 2.15. The van der Waals surface area contributed by atoms with Crippen LogP contribution in [0.15, 0.2) is 60.4 Å². The summed E-state index contributed by atoms with van der Waals surface area (Å²) >= 11 is 0. The number of aliphatic hydroxyl groups excluding tert-OH is 1. The minimum Gasteiger partial charge on any atom is -0.512 e. The summed E-state index contributed by atoms with van der Waals surface area (Å²) < 4.78 is 0. The number of rotatable bonds is 3. The van der Waals surface area contributed by atoms with Gasteiger partial charge in [0.05, 0.1) is 5.76 Å². The fourth-order valence-corrected chi connectivity index (χ4v) is 1.19. The first-order chi connectivity index (χ1) is 6.24. The molecule has 0 saturated heterocycles. The first-order valence-corrected chi connectivity index (χ1v) is 4.31. The lowest BCUT2D eigenvalue weighted by Gasteiger charge is -2.10. The van der Waals surface area contributed by atoms with Crippen LogP contribution < -0.4 is 0 Å². The molecule has 0 spiro atoms. The molecule has 1 aliphatic rings. The van der Waals surface area contributed by atoms with Gasteiger partial charge in [0.25, 0.3) is 0 Å². The lowest BCUT2D eigenvalue weighted by atomic mass is 9.97. The molecule has 1 N–H and O–H groups in total. The highest BCUT2D eigenvalue weighted by Crippen LogP contribution is 2.22. The maximum absolute atomic E-state index is 9.14. The number of aliphatic hydroxyl groups is 1. The van der Waals surface area contributed by atoms with Crippen molar-refractivity contribution in [3.63, 3.8) is 0 Å². The van der Waals surface area contributed by atoms with E-state index in [1.807, 2.05) is 18.2 Å². The van der Waals surface area contributed by atoms with Gasteiger partial charge in [-0.15, -0.1) is 0 Å². The Kier molecular flexibility index (Phi) is 3.32. The van der Waals surface area contributed by atoms with Crippen molar-refractivity contribution >= 4 is 0 Å². The second kappa shape index (κ2) is 4.51. The van der Waals surface area contributed by atoms with E-state index >= 15 is 0 Å². The molecule has 0 fully saturated rings. The average molecular weight is 174 g/mol. The highest BCUT2D eigenvalue weighted by molar-refractivity contribution is 5.42. The largest absolute Gasteiger partial charge is 0.512 e. The zero-order chi connectivity index (χ0) is 9.68. The van der Waals surface area contributed by atoms with Gasteiger partial charge in [-0.1, -0.05) is 37.5 Å². The van der Waals surface area contributed by atoms with E-state index < -0.39 is 0 Å². The van der Waals surface area contributed by atoms with Gasteiger partial charge in [-0.2, -0.15) is 0 Å². The molecule has 1 aliphatic carbocycles. The van der Waals surface area contributed by atoms with Crippen molar-refractivity contribution < 1.29 is 5.11 Å². The summed E-state index contributed by atoms with van der Waals surface area (Å²) in [4.78, 5) is 0. The normalized spacial score (nSPS) is 16.6. The Labute approximate surface area is 79.1 Å². The van der Waals surface area contributed by atoms with E-state index in [0.717, 1.165) is 12.0 Å². The Morgan fingerprint density at radius 1 is 1.38 bits per heavy atom. The van der Waals surface area contributed by atoms with E-state index in [-0.39, 0.29) is 0 Å². The lowest BCUT2D eigenvalue weighted by molar-refractivity contribution is 0.386. The van der Waals surface area contributed by atoms with Crippen molar-refractivity contribution in [2.24, 2.45) is 0 Å². The minimum atomic E-state index is 0.448. The molecule has 0 aromatic heterocycles. The predicted octanol–water partition coefficient (Wildman–Crippen LogP) is 3.45. The molecule has 0 bridgehead atoms. The molecule has 0 radical (unpaired) electrons. The Balaban J connectivity index is 2.68. The smallest absolute Gasteiger partial charge is 0.0926 e. The summed E-state index contributed by atoms with van der Waals surface area (Å²) in [6.45, 7) is 7.52. The Morgan fingerprint density at radius 3 is 2.69 bits per heavy atom. The van der Waals surface area contributed by atoms with E-state index in [2.05, 4.69) is 13.2 Å². The third kappa shape index (κ3) is 2.79. The lowest BCUT2D eigenvalue weighted by Crippen LogP contribution is -1.93. The van der Waals surface area contributed by atoms with Gasteiger partial charge in [-0.3, -0.25) is 0 Å². The molecular weight excluding hydrogens is 160 g/mol. The van der Waals surface area contributed by atoms with Gasteiger partial charge in [0.15, 0.2) is 0 Å². The molecule has 0 aromatic rings. The molecule has 0 atom stereocenters. The molecule has 0 heterocycles. The van der Waals surface area contributed by atoms with E-state index in [1.54, 1.807) is 12.2 Å². The van der Waals surface area contributed by atoms with Gasteiger partial charge in [-0.25, -0.2) is 0 Å². The van der Waals surface area contributed by atoms with Crippen LogP contribution in [0, 0.1) is 0 Å². The molecule has 0 saturated carbocycles. The van der Waals surface area contributed by atoms with Gasteiger partial charge < -0.3 is 5.11 Å². The van der Waals surface area contributed by atoms with Gasteiger partial charge >= 0.3 is 0 Å². The molecule has 0 aliphatic heterocycles. The summed E-state index contributed by atoms with van der Waals surface area (Å²) in [5.41, 5.74) is 2.17. The highest BCUT2D eigenvalue weighted by Gasteiger charge is 2.05. The van der Waals surface area contributed by atoms with E-state index in [1.165, 1.54) is 5.57 Å². The molecular formula is C12H14O. The second-order valence-electron chi connectivity index (χ2n) is 2.97. The van der Waals surface area contributed by atoms with Crippen molar-refractivity contribution in [3.8, 4) is 0 Å². The molecule has 0 aromatic carbocycles. The number of hydrogen-bond acceptors (Lipinski definition) is 1. The fourth-order valence-electron chi connectivity index (χ4n) is 1.19. The number of hydrogen-bond donors (Lipinski definition) is 1. The predicted molar refractivity (Wildman–Crippen MR) is 56.5 cm³/mol. The van der Waals surface area contributed by atoms with Crippen LogP contribution in [-0.2, 0) is 0 Å². The summed E-state index contributed by atoms with van der Waals surface area (Å²) in [6.07, 6.45) is 10.7. The van der Waals surface area contributed by atoms with E-state index in [9.17, 15) is 0 Å². The summed E-state index contributed by atoms with van der Waals surface area (Å²) in [5, 5.41) is 9.14. The first-order valence-electron chi connectivity index (χ1n) is 4.31. The minimum absolute atomic E-state index is 0.448. The van der Waals surface area contributed by atoms with Gasteiger partial charge in [-0.05, 0) is 23.6 Å². The van der Waals surface area contributed by atoms with Crippen LogP contribution in [0.3, 0.4) is 0 Å². The third-order valence-corrected chi connectivity index (χ3v) is 1.97. The van der Waals surface area contributed by atoms with Crippen LogP contribution >= 0.6 is 0 Å². The molecule has 1 heteroatoms. The van der Waals surface area contributed by atoms with Crippen molar-refractivity contribution in [3.05, 3.63) is 60.4 Å². The summed E-state index contributed by atoms with van der Waals surface area (Å²) in [6, 6.07) is 0. The Morgan fingerprint density at radius 2 is 2.15 bits per heavy atom. The van der Waals surface area contributed by atoms with Gasteiger partial charge in [0.2, 0.25) is 0 Å². The van der Waals surface area contributed by atoms with Crippen LogP contribution in [0.4, 0.5) is 0 Å². The van der Waals surface area contributed by atoms with Crippen LogP contribution in [0.5, 0.6) is 0 Å². The summed E-state index contributed by atoms with van der Waals surface area (Å²) in [7, 11) is 0. The SMILES string of the molecule is C=C/C=C\C(=C)C1=CC=C(O)CC1. The molecule has 0 unspecified atom stereocenters. The zero-order valence-electron chi connectivity index (χ0n) is 7.66. The Hall–Kier alpha value is -1.50. The standard InChI is InChI=1S/C12H14O/c1-3-4-5-10(2)11-6-8-12(13)9-7-11/h3-6,8,13H,1-2,7,9H2/b5-4-. The quantitative estimate of drug-likeness (QED) is 0.650. The number of allylic oxidation sites excluding steroid dienone is 8. The van der Waals surface area contributed by atoms with Crippen LogP contribution in [0.1, 0.15) is 12.8 Å².